The van der Waals surface area contributed by atoms with Crippen LogP contribution in [0.15, 0.2) is 36.4 Å². The second-order valence-corrected chi connectivity index (χ2v) is 5.58. The van der Waals surface area contributed by atoms with Crippen molar-refractivity contribution in [3.05, 3.63) is 42.0 Å². The molecule has 1 rings (SSSR count). The van der Waals surface area contributed by atoms with Gasteiger partial charge in [0.15, 0.2) is 0 Å². The highest BCUT2D eigenvalue weighted by atomic mass is 16.5. The lowest BCUT2D eigenvalue weighted by Crippen LogP contribution is -2.17. The van der Waals surface area contributed by atoms with Gasteiger partial charge in [-0.05, 0) is 37.5 Å². The van der Waals surface area contributed by atoms with Crippen molar-refractivity contribution < 1.29 is 24.1 Å². The van der Waals surface area contributed by atoms with Gasteiger partial charge in [0.1, 0.15) is 5.75 Å². The van der Waals surface area contributed by atoms with E-state index in [1.807, 2.05) is 31.2 Å². The van der Waals surface area contributed by atoms with Crippen molar-refractivity contribution in [2.75, 3.05) is 20.3 Å². The molecule has 0 heterocycles. The van der Waals surface area contributed by atoms with E-state index < -0.39 is 6.10 Å². The predicted molar refractivity (Wildman–Crippen MR) is 92.8 cm³/mol. The Morgan fingerprint density at radius 3 is 2.62 bits per heavy atom. The van der Waals surface area contributed by atoms with Crippen LogP contribution in [0.5, 0.6) is 5.75 Å². The van der Waals surface area contributed by atoms with E-state index in [1.54, 1.807) is 20.1 Å². The zero-order valence-electron chi connectivity index (χ0n) is 14.7. The first-order valence-corrected chi connectivity index (χ1v) is 8.30. The lowest BCUT2D eigenvalue weighted by Gasteiger charge is -2.15. The number of aliphatic hydroxyl groups excluding tert-OH is 1. The summed E-state index contributed by atoms with van der Waals surface area (Å²) in [6, 6.07) is 7.74. The van der Waals surface area contributed by atoms with Gasteiger partial charge in [0.05, 0.1) is 26.4 Å². The van der Waals surface area contributed by atoms with Crippen LogP contribution >= 0.6 is 0 Å². The van der Waals surface area contributed by atoms with Crippen molar-refractivity contribution in [2.45, 2.75) is 39.4 Å². The maximum absolute atomic E-state index is 11.2. The molecule has 0 aliphatic carbocycles. The van der Waals surface area contributed by atoms with Gasteiger partial charge in [0.25, 0.3) is 0 Å². The summed E-state index contributed by atoms with van der Waals surface area (Å²) in [5, 5.41) is 10.1. The smallest absolute Gasteiger partial charge is 0.330 e. The summed E-state index contributed by atoms with van der Waals surface area (Å²) in [6.07, 6.45) is 3.94. The van der Waals surface area contributed by atoms with Crippen LogP contribution in [-0.4, -0.2) is 37.5 Å². The Morgan fingerprint density at radius 1 is 1.29 bits per heavy atom. The highest BCUT2D eigenvalue weighted by Gasteiger charge is 2.11. The monoisotopic (exact) mass is 336 g/mol. The molecule has 0 amide bonds. The van der Waals surface area contributed by atoms with Crippen molar-refractivity contribution in [2.24, 2.45) is 5.92 Å². The number of hydrogen-bond donors (Lipinski definition) is 1. The number of carbonyl (C=O) groups is 1. The van der Waals surface area contributed by atoms with Gasteiger partial charge in [-0.1, -0.05) is 25.1 Å². The minimum Gasteiger partial charge on any atom is -0.497 e. The first kappa shape index (κ1) is 20.2. The van der Waals surface area contributed by atoms with Gasteiger partial charge >= 0.3 is 5.97 Å². The number of benzene rings is 1. The van der Waals surface area contributed by atoms with Crippen molar-refractivity contribution in [1.29, 1.82) is 0 Å². The Kier molecular flexibility index (Phi) is 9.80. The summed E-state index contributed by atoms with van der Waals surface area (Å²) < 4.78 is 15.5. The number of esters is 1. The summed E-state index contributed by atoms with van der Waals surface area (Å²) in [5.41, 5.74) is 1.09. The summed E-state index contributed by atoms with van der Waals surface area (Å²) >= 11 is 0. The van der Waals surface area contributed by atoms with Crippen LogP contribution < -0.4 is 4.74 Å². The van der Waals surface area contributed by atoms with Gasteiger partial charge in [-0.25, -0.2) is 4.79 Å². The molecule has 1 aromatic rings. The van der Waals surface area contributed by atoms with E-state index >= 15 is 0 Å². The van der Waals surface area contributed by atoms with Crippen molar-refractivity contribution in [3.63, 3.8) is 0 Å². The van der Waals surface area contributed by atoms with Crippen molar-refractivity contribution in [3.8, 4) is 5.75 Å². The summed E-state index contributed by atoms with van der Waals surface area (Å²) in [6.45, 7) is 5.11. The normalized spacial score (nSPS) is 13.7. The third-order valence-corrected chi connectivity index (χ3v) is 3.65. The van der Waals surface area contributed by atoms with Crippen LogP contribution in [0.25, 0.3) is 0 Å². The number of ether oxygens (including phenoxy) is 3. The van der Waals surface area contributed by atoms with Crippen LogP contribution in [0, 0.1) is 5.92 Å². The fourth-order valence-electron chi connectivity index (χ4n) is 2.12. The molecule has 0 radical (unpaired) electrons. The highest BCUT2D eigenvalue weighted by Crippen LogP contribution is 2.13. The standard InChI is InChI=1S/C19H28O5/c1-4-24-19(21)12-7-15(2)18(20)6-5-13-23-14-16-8-10-17(22-3)11-9-16/h7-12,15,18,20H,4-6,13-14H2,1-3H3/b12-7+/t15-,18-/m0/s1. The lowest BCUT2D eigenvalue weighted by atomic mass is 10.00. The molecule has 0 aliphatic heterocycles. The van der Waals surface area contributed by atoms with Crippen LogP contribution in [0.2, 0.25) is 0 Å². The second-order valence-electron chi connectivity index (χ2n) is 5.58. The van der Waals surface area contributed by atoms with Gasteiger partial charge in [-0.15, -0.1) is 0 Å². The highest BCUT2D eigenvalue weighted by molar-refractivity contribution is 5.81. The number of aliphatic hydroxyl groups is 1. The molecule has 2 atom stereocenters. The Hall–Kier alpha value is -1.85. The van der Waals surface area contributed by atoms with E-state index in [9.17, 15) is 9.90 Å². The molecule has 0 saturated heterocycles. The largest absolute Gasteiger partial charge is 0.497 e. The lowest BCUT2D eigenvalue weighted by molar-refractivity contribution is -0.137. The topological polar surface area (TPSA) is 65.0 Å². The van der Waals surface area contributed by atoms with Crippen molar-refractivity contribution in [1.82, 2.24) is 0 Å². The molecule has 5 heteroatoms. The van der Waals surface area contributed by atoms with Crippen LogP contribution in [0.4, 0.5) is 0 Å². The number of hydrogen-bond acceptors (Lipinski definition) is 5. The zero-order chi connectivity index (χ0) is 17.8. The van der Waals surface area contributed by atoms with Crippen LogP contribution in [-0.2, 0) is 20.9 Å². The molecule has 0 fully saturated rings. The molecule has 0 saturated carbocycles. The third kappa shape index (κ3) is 8.13. The third-order valence-electron chi connectivity index (χ3n) is 3.65. The van der Waals surface area contributed by atoms with Crippen LogP contribution in [0.1, 0.15) is 32.3 Å². The molecule has 0 unspecified atom stereocenters. The maximum atomic E-state index is 11.2. The summed E-state index contributed by atoms with van der Waals surface area (Å²) in [5.74, 6) is 0.349. The second kappa shape index (κ2) is 11.6. The van der Waals surface area contributed by atoms with Gasteiger partial charge in [0, 0.05) is 18.6 Å². The molecular weight excluding hydrogens is 308 g/mol. The molecule has 1 aromatic carbocycles. The van der Waals surface area contributed by atoms with Gasteiger partial charge in [-0.2, -0.15) is 0 Å². The molecule has 0 aromatic heterocycles. The van der Waals surface area contributed by atoms with Crippen LogP contribution in [0.3, 0.4) is 0 Å². The Labute approximate surface area is 144 Å². The van der Waals surface area contributed by atoms with E-state index in [0.717, 1.165) is 17.7 Å². The fourth-order valence-corrected chi connectivity index (χ4v) is 2.12. The minimum atomic E-state index is -0.500. The van der Waals surface area contributed by atoms with E-state index in [-0.39, 0.29) is 11.9 Å². The van der Waals surface area contributed by atoms with E-state index in [1.165, 1.54) is 6.08 Å². The Balaban J connectivity index is 2.18. The quantitative estimate of drug-likeness (QED) is 0.382. The SMILES string of the molecule is CCOC(=O)/C=C/[C@H](C)[C@@H](O)CCCOCc1ccc(OC)cc1. The average Bonchev–Trinajstić information content (AvgIpc) is 2.60. The van der Waals surface area contributed by atoms with Crippen molar-refractivity contribution >= 4 is 5.97 Å². The molecule has 0 bridgehead atoms. The Bertz CT molecular complexity index is 495. The number of carbonyl (C=O) groups excluding carboxylic acids is 1. The zero-order valence-corrected chi connectivity index (χ0v) is 14.7. The molecule has 0 spiro atoms. The molecule has 1 N–H and O–H groups in total. The number of methoxy groups -OCH3 is 1. The fraction of sp³-hybridized carbons (Fsp3) is 0.526. The van der Waals surface area contributed by atoms with E-state index in [0.29, 0.717) is 26.2 Å². The van der Waals surface area contributed by atoms with Gasteiger partial charge in [-0.3, -0.25) is 0 Å². The summed E-state index contributed by atoms with van der Waals surface area (Å²) in [7, 11) is 1.64. The first-order chi connectivity index (χ1) is 11.6. The predicted octanol–water partition coefficient (Wildman–Crippen LogP) is 3.11. The minimum absolute atomic E-state index is 0.101. The first-order valence-electron chi connectivity index (χ1n) is 8.30. The molecule has 5 nitrogen and oxygen atoms in total. The van der Waals surface area contributed by atoms with Gasteiger partial charge in [0.2, 0.25) is 0 Å². The van der Waals surface area contributed by atoms with Gasteiger partial charge < -0.3 is 19.3 Å². The molecule has 0 aliphatic rings. The maximum Gasteiger partial charge on any atom is 0.330 e. The Morgan fingerprint density at radius 2 is 2.00 bits per heavy atom. The molecular formula is C19H28O5. The number of rotatable bonds is 11. The van der Waals surface area contributed by atoms with E-state index in [2.05, 4.69) is 0 Å². The molecule has 134 valence electrons. The molecule has 24 heavy (non-hydrogen) atoms. The summed E-state index contributed by atoms with van der Waals surface area (Å²) in [4.78, 5) is 11.2. The van der Waals surface area contributed by atoms with E-state index in [4.69, 9.17) is 14.2 Å². The average molecular weight is 336 g/mol.